The van der Waals surface area contributed by atoms with E-state index < -0.39 is 0 Å². The minimum absolute atomic E-state index is 0.448. The van der Waals surface area contributed by atoms with E-state index in [0.29, 0.717) is 12.1 Å². The molecule has 1 heterocycles. The van der Waals surface area contributed by atoms with Crippen molar-refractivity contribution >= 4 is 0 Å². The Morgan fingerprint density at radius 2 is 2.00 bits per heavy atom. The fourth-order valence-electron chi connectivity index (χ4n) is 2.47. The minimum Gasteiger partial charge on any atom is -0.380 e. The van der Waals surface area contributed by atoms with Gasteiger partial charge < -0.3 is 15.0 Å². The second-order valence-electron chi connectivity index (χ2n) is 5.45. The zero-order valence-corrected chi connectivity index (χ0v) is 12.6. The number of piperazine rings is 1. The van der Waals surface area contributed by atoms with Crippen LogP contribution in [0.15, 0.2) is 0 Å². The van der Waals surface area contributed by atoms with Crippen LogP contribution >= 0.6 is 0 Å². The molecular weight excluding hydrogens is 226 g/mol. The lowest BCUT2D eigenvalue weighted by atomic mass is 10.0. The van der Waals surface area contributed by atoms with Gasteiger partial charge in [0.05, 0.1) is 6.61 Å². The Labute approximate surface area is 113 Å². The molecule has 0 aromatic carbocycles. The zero-order chi connectivity index (χ0) is 13.4. The highest BCUT2D eigenvalue weighted by atomic mass is 16.5. The molecule has 108 valence electrons. The average molecular weight is 257 g/mol. The summed E-state index contributed by atoms with van der Waals surface area (Å²) in [7, 11) is 4.45. The van der Waals surface area contributed by atoms with Crippen molar-refractivity contribution in [3.8, 4) is 0 Å². The molecule has 1 N–H and O–H groups in total. The van der Waals surface area contributed by atoms with Crippen LogP contribution in [0.3, 0.4) is 0 Å². The topological polar surface area (TPSA) is 27.7 Å². The maximum atomic E-state index is 5.77. The zero-order valence-electron chi connectivity index (χ0n) is 12.6. The fraction of sp³-hybridized carbons (Fsp3) is 1.00. The molecule has 4 heteroatoms. The molecule has 0 aromatic heterocycles. The molecule has 2 unspecified atom stereocenters. The van der Waals surface area contributed by atoms with Crippen molar-refractivity contribution in [1.82, 2.24) is 15.1 Å². The van der Waals surface area contributed by atoms with Crippen molar-refractivity contribution in [2.24, 2.45) is 0 Å². The molecule has 18 heavy (non-hydrogen) atoms. The molecule has 0 radical (unpaired) electrons. The number of hydrogen-bond acceptors (Lipinski definition) is 4. The average Bonchev–Trinajstić information content (AvgIpc) is 2.37. The van der Waals surface area contributed by atoms with Crippen LogP contribution < -0.4 is 5.32 Å². The van der Waals surface area contributed by atoms with Crippen molar-refractivity contribution < 1.29 is 4.74 Å². The van der Waals surface area contributed by atoms with E-state index in [1.807, 2.05) is 0 Å². The molecule has 1 aliphatic rings. The molecule has 1 fully saturated rings. The first kappa shape index (κ1) is 15.9. The second-order valence-corrected chi connectivity index (χ2v) is 5.45. The van der Waals surface area contributed by atoms with Gasteiger partial charge in [0, 0.05) is 38.3 Å². The van der Waals surface area contributed by atoms with E-state index in [-0.39, 0.29) is 0 Å². The minimum atomic E-state index is 0.448. The second kappa shape index (κ2) is 8.86. The molecule has 1 saturated heterocycles. The van der Waals surface area contributed by atoms with Crippen LogP contribution in [0.5, 0.6) is 0 Å². The van der Waals surface area contributed by atoms with Crippen molar-refractivity contribution in [1.29, 1.82) is 0 Å². The molecule has 0 bridgehead atoms. The molecule has 4 nitrogen and oxygen atoms in total. The lowest BCUT2D eigenvalue weighted by Gasteiger charge is -2.42. The Balaban J connectivity index is 2.49. The normalized spacial score (nSPS) is 24.3. The Kier molecular flexibility index (Phi) is 7.82. The van der Waals surface area contributed by atoms with Gasteiger partial charge in [-0.25, -0.2) is 0 Å². The monoisotopic (exact) mass is 257 g/mol. The van der Waals surface area contributed by atoms with E-state index in [4.69, 9.17) is 4.74 Å². The standard InChI is InChI=1S/C14H31N3O/c1-5-7-15-13(12-18-10-6-2)14-11-16(3)8-9-17(14)4/h13-15H,5-12H2,1-4H3. The first-order valence-corrected chi connectivity index (χ1v) is 7.38. The summed E-state index contributed by atoms with van der Waals surface area (Å²) in [4.78, 5) is 4.90. The first-order valence-electron chi connectivity index (χ1n) is 7.38. The van der Waals surface area contributed by atoms with E-state index in [1.165, 1.54) is 13.0 Å². The maximum absolute atomic E-state index is 5.77. The van der Waals surface area contributed by atoms with Crippen LogP contribution in [0.2, 0.25) is 0 Å². The van der Waals surface area contributed by atoms with Gasteiger partial charge in [-0.2, -0.15) is 0 Å². The fourth-order valence-corrected chi connectivity index (χ4v) is 2.47. The predicted octanol–water partition coefficient (Wildman–Crippen LogP) is 1.03. The molecule has 1 aliphatic heterocycles. The van der Waals surface area contributed by atoms with Gasteiger partial charge >= 0.3 is 0 Å². The van der Waals surface area contributed by atoms with Crippen LogP contribution in [0.25, 0.3) is 0 Å². The lowest BCUT2D eigenvalue weighted by Crippen LogP contribution is -2.60. The summed E-state index contributed by atoms with van der Waals surface area (Å²) in [5.41, 5.74) is 0. The quantitative estimate of drug-likeness (QED) is 0.657. The summed E-state index contributed by atoms with van der Waals surface area (Å²) in [6.45, 7) is 10.6. The lowest BCUT2D eigenvalue weighted by molar-refractivity contribution is 0.0400. The number of nitrogens with zero attached hydrogens (tertiary/aromatic N) is 2. The van der Waals surface area contributed by atoms with E-state index >= 15 is 0 Å². The largest absolute Gasteiger partial charge is 0.380 e. The van der Waals surface area contributed by atoms with Crippen LogP contribution in [-0.2, 0) is 4.74 Å². The van der Waals surface area contributed by atoms with Gasteiger partial charge in [-0.1, -0.05) is 13.8 Å². The molecule has 1 rings (SSSR count). The Bertz CT molecular complexity index is 213. The highest BCUT2D eigenvalue weighted by Crippen LogP contribution is 2.11. The van der Waals surface area contributed by atoms with Crippen LogP contribution in [-0.4, -0.2) is 75.4 Å². The molecule has 0 aliphatic carbocycles. The van der Waals surface area contributed by atoms with Gasteiger partial charge in [0.2, 0.25) is 0 Å². The summed E-state index contributed by atoms with van der Waals surface area (Å²) in [6.07, 6.45) is 2.28. The smallest absolute Gasteiger partial charge is 0.0635 e. The Hall–Kier alpha value is -0.160. The van der Waals surface area contributed by atoms with E-state index in [9.17, 15) is 0 Å². The first-order chi connectivity index (χ1) is 8.69. The summed E-state index contributed by atoms with van der Waals surface area (Å²) in [6, 6.07) is 1.01. The molecule has 0 amide bonds. The van der Waals surface area contributed by atoms with Gasteiger partial charge in [0.1, 0.15) is 0 Å². The third kappa shape index (κ3) is 5.22. The molecular formula is C14H31N3O. The number of likely N-dealkylation sites (N-methyl/N-ethyl adjacent to an activating group) is 2. The molecule has 0 aromatic rings. The van der Waals surface area contributed by atoms with Crippen molar-refractivity contribution in [2.75, 3.05) is 53.5 Å². The van der Waals surface area contributed by atoms with Crippen molar-refractivity contribution in [2.45, 2.75) is 38.8 Å². The van der Waals surface area contributed by atoms with E-state index in [2.05, 4.69) is 43.1 Å². The van der Waals surface area contributed by atoms with Gasteiger partial charge in [0.15, 0.2) is 0 Å². The highest BCUT2D eigenvalue weighted by molar-refractivity contribution is 4.88. The number of nitrogens with one attached hydrogen (secondary N) is 1. The van der Waals surface area contributed by atoms with Gasteiger partial charge in [-0.15, -0.1) is 0 Å². The van der Waals surface area contributed by atoms with Crippen molar-refractivity contribution in [3.63, 3.8) is 0 Å². The number of hydrogen-bond donors (Lipinski definition) is 1. The van der Waals surface area contributed by atoms with Crippen molar-refractivity contribution in [3.05, 3.63) is 0 Å². The number of rotatable bonds is 8. The third-order valence-corrected chi connectivity index (χ3v) is 3.67. The van der Waals surface area contributed by atoms with Crippen LogP contribution in [0, 0.1) is 0 Å². The maximum Gasteiger partial charge on any atom is 0.0635 e. The van der Waals surface area contributed by atoms with Gasteiger partial charge in [0.25, 0.3) is 0 Å². The van der Waals surface area contributed by atoms with Crippen LogP contribution in [0.1, 0.15) is 26.7 Å². The summed E-state index contributed by atoms with van der Waals surface area (Å²) >= 11 is 0. The van der Waals surface area contributed by atoms with E-state index in [1.54, 1.807) is 0 Å². The molecule has 0 spiro atoms. The third-order valence-electron chi connectivity index (χ3n) is 3.67. The molecule has 0 saturated carbocycles. The van der Waals surface area contributed by atoms with Gasteiger partial charge in [-0.05, 0) is 33.5 Å². The van der Waals surface area contributed by atoms with Crippen LogP contribution in [0.4, 0.5) is 0 Å². The Morgan fingerprint density at radius 3 is 2.67 bits per heavy atom. The highest BCUT2D eigenvalue weighted by Gasteiger charge is 2.29. The summed E-state index contributed by atoms with van der Waals surface area (Å²) < 4.78 is 5.77. The molecule has 2 atom stereocenters. The van der Waals surface area contributed by atoms with Gasteiger partial charge in [-0.3, -0.25) is 4.90 Å². The predicted molar refractivity (Wildman–Crippen MR) is 77.1 cm³/mol. The Morgan fingerprint density at radius 1 is 1.22 bits per heavy atom. The summed E-state index contributed by atoms with van der Waals surface area (Å²) in [5.74, 6) is 0. The van der Waals surface area contributed by atoms with E-state index in [0.717, 1.165) is 39.3 Å². The SMILES string of the molecule is CCCNC(COCCC)C1CN(C)CCN1C. The number of ether oxygens (including phenoxy) is 1. The summed E-state index contributed by atoms with van der Waals surface area (Å²) in [5, 5.41) is 3.66.